The summed E-state index contributed by atoms with van der Waals surface area (Å²) in [6, 6.07) is 22.4. The minimum absolute atomic E-state index is 0.0786. The molecule has 0 saturated carbocycles. The van der Waals surface area contributed by atoms with Crippen LogP contribution in [-0.4, -0.2) is 128 Å². The van der Waals surface area contributed by atoms with E-state index < -0.39 is 205 Å². The molecular weight excluding hydrogens is 1050 g/mol. The highest BCUT2D eigenvalue weighted by atomic mass is 16.4. The Balaban J connectivity index is 1.22. The quantitative estimate of drug-likeness (QED) is 0.0512. The van der Waals surface area contributed by atoms with Gasteiger partial charge in [0.25, 0.3) is 0 Å². The van der Waals surface area contributed by atoms with Gasteiger partial charge in [-0.25, -0.2) is 0 Å². The van der Waals surface area contributed by atoms with E-state index in [1.807, 2.05) is 42.5 Å². The van der Waals surface area contributed by atoms with Crippen molar-refractivity contribution in [3.63, 3.8) is 0 Å². The van der Waals surface area contributed by atoms with E-state index in [9.17, 15) is 128 Å². The van der Waals surface area contributed by atoms with Crippen molar-refractivity contribution in [2.45, 2.75) is 0 Å². The molecule has 0 aliphatic carbocycles. The van der Waals surface area contributed by atoms with Crippen LogP contribution in [0.5, 0.6) is 144 Å². The van der Waals surface area contributed by atoms with Crippen molar-refractivity contribution in [3.8, 4) is 233 Å². The lowest BCUT2D eigenvalue weighted by molar-refractivity contribution is 0.329. The van der Waals surface area contributed by atoms with Crippen molar-refractivity contribution in [1.82, 2.24) is 0 Å². The Morgan fingerprint density at radius 3 is 0.608 bits per heavy atom. The number of hydrogen-bond donors (Lipinski definition) is 25. The van der Waals surface area contributed by atoms with Gasteiger partial charge in [-0.2, -0.15) is 0 Å². The molecule has 0 bridgehead atoms. The van der Waals surface area contributed by atoms with E-state index in [1.165, 1.54) is 18.2 Å². The summed E-state index contributed by atoms with van der Waals surface area (Å²) >= 11 is 0. The van der Waals surface area contributed by atoms with Crippen LogP contribution in [-0.2, 0) is 0 Å². The van der Waals surface area contributed by atoms with Crippen LogP contribution in [0.15, 0.2) is 78.9 Å². The fraction of sp³-hybridized carbons (Fsp3) is 0. The van der Waals surface area contributed by atoms with Gasteiger partial charge in [-0.3, -0.25) is 0 Å². The van der Waals surface area contributed by atoms with Gasteiger partial charge >= 0.3 is 0 Å². The third-order valence-electron chi connectivity index (χ3n) is 13.1. The first-order chi connectivity index (χ1) is 37.2. The molecule has 25 nitrogen and oxygen atoms in total. The van der Waals surface area contributed by atoms with Crippen molar-refractivity contribution in [2.75, 3.05) is 0 Å². The highest BCUT2D eigenvalue weighted by Gasteiger charge is 2.41. The molecule has 0 aliphatic heterocycles. The zero-order valence-corrected chi connectivity index (χ0v) is 39.2. The molecular formula is C54H38O25. The molecule has 404 valence electrons. The van der Waals surface area contributed by atoms with Gasteiger partial charge in [0, 0.05) is 0 Å². The molecule has 0 spiro atoms. The summed E-state index contributed by atoms with van der Waals surface area (Å²) in [7, 11) is 0. The normalized spacial score (nSPS) is 11.3. The molecule has 0 radical (unpaired) electrons. The van der Waals surface area contributed by atoms with Crippen molar-refractivity contribution >= 4 is 0 Å². The molecule has 0 saturated heterocycles. The highest BCUT2D eigenvalue weighted by Crippen LogP contribution is 2.70. The van der Waals surface area contributed by atoms with E-state index in [4.69, 9.17) is 0 Å². The van der Waals surface area contributed by atoms with Gasteiger partial charge in [0.1, 0.15) is 17.2 Å². The number of benzene rings is 9. The molecule has 0 aliphatic rings. The van der Waals surface area contributed by atoms with Crippen LogP contribution in [0.1, 0.15) is 0 Å². The third kappa shape index (κ3) is 7.33. The van der Waals surface area contributed by atoms with Crippen molar-refractivity contribution < 1.29 is 128 Å². The van der Waals surface area contributed by atoms with Crippen molar-refractivity contribution in [2.24, 2.45) is 0 Å². The van der Waals surface area contributed by atoms with Gasteiger partial charge in [-0.15, -0.1) is 0 Å². The minimum atomic E-state index is -1.87. The highest BCUT2D eigenvalue weighted by molar-refractivity contribution is 6.07. The molecule has 0 atom stereocenters. The smallest absolute Gasteiger partial charge is 0.208 e. The first-order valence-corrected chi connectivity index (χ1v) is 22.1. The molecule has 0 amide bonds. The van der Waals surface area contributed by atoms with Gasteiger partial charge < -0.3 is 128 Å². The predicted octanol–water partition coefficient (Wildman–Crippen LogP) is 7.66. The second kappa shape index (κ2) is 18.1. The molecule has 9 aromatic rings. The molecule has 25 N–H and O–H groups in total. The molecule has 9 rings (SSSR count). The molecule has 0 unspecified atom stereocenters. The zero-order chi connectivity index (χ0) is 57.9. The van der Waals surface area contributed by atoms with Gasteiger partial charge in [0.2, 0.25) is 34.5 Å². The topological polar surface area (TPSA) is 506 Å². The lowest BCUT2D eigenvalue weighted by Gasteiger charge is -2.23. The summed E-state index contributed by atoms with van der Waals surface area (Å²) in [6.07, 6.45) is 0. The maximum atomic E-state index is 11.8. The van der Waals surface area contributed by atoms with Crippen LogP contribution < -0.4 is 0 Å². The predicted molar refractivity (Wildman–Crippen MR) is 272 cm³/mol. The SMILES string of the molecule is Oc1c(O)c(O)c(-c2c(O)c(O)c(-c3c(O)c(O)c(O)c(-c4c(O)c(O)c(O)c(-c5c(O)c(O)c(-c6c(O)c(O)c(O)c(-c7cccc(-c8ccc(-c9ccccc9)cc8)c7)c6O)c(O)c5O)c4O)c3O)c(O)c2O)c(O)c1O. The van der Waals surface area contributed by atoms with E-state index in [0.29, 0.717) is 11.1 Å². The first kappa shape index (κ1) is 51.9. The van der Waals surface area contributed by atoms with Gasteiger partial charge in [0.15, 0.2) is 92.0 Å². The van der Waals surface area contributed by atoms with Gasteiger partial charge in [0.05, 0.1) is 61.2 Å². The fourth-order valence-corrected chi connectivity index (χ4v) is 9.16. The first-order valence-electron chi connectivity index (χ1n) is 22.1. The number of rotatable bonds is 8. The van der Waals surface area contributed by atoms with Crippen LogP contribution in [0, 0.1) is 0 Å². The van der Waals surface area contributed by atoms with Gasteiger partial charge in [-0.05, 0) is 33.9 Å². The maximum absolute atomic E-state index is 11.8. The second-order valence-corrected chi connectivity index (χ2v) is 17.4. The molecule has 0 heterocycles. The largest absolute Gasteiger partial charge is 0.506 e. The third-order valence-corrected chi connectivity index (χ3v) is 13.1. The monoisotopic (exact) mass is 1090 g/mol. The summed E-state index contributed by atoms with van der Waals surface area (Å²) in [5.41, 5.74) is -12.9. The van der Waals surface area contributed by atoms with Crippen molar-refractivity contribution in [1.29, 1.82) is 0 Å². The Kier molecular flexibility index (Phi) is 11.9. The standard InChI is InChI=1S/C54H38O25/c55-30-19(18-8-4-7-17(13-18)16-11-9-15(10-12-16)14-5-2-1-3-6-14)33(58)49(74)44(69)22(30)25-34(59)36(61)26(37(62)35(25)60)23-31(56)20(42(67)50(75)45(23)70)21-32(57)24(46(71)51(76)43(21)68)27-38(63)40(65)28(41(66)39(27)64)29-47(72)52(77)54(79)53(78)48(29)73/h1-13,55-79H. The Hall–Kier alpha value is -12.0. The minimum Gasteiger partial charge on any atom is -0.506 e. The van der Waals surface area contributed by atoms with Crippen LogP contribution in [0.25, 0.3) is 89.0 Å². The van der Waals surface area contributed by atoms with Gasteiger partial charge in [-0.1, -0.05) is 72.8 Å². The summed E-state index contributed by atoms with van der Waals surface area (Å²) < 4.78 is 0. The molecule has 9 aromatic carbocycles. The zero-order valence-electron chi connectivity index (χ0n) is 39.2. The average molecular weight is 1090 g/mol. The summed E-state index contributed by atoms with van der Waals surface area (Å²) in [6.45, 7) is 0. The van der Waals surface area contributed by atoms with E-state index in [2.05, 4.69) is 0 Å². The lowest BCUT2D eigenvalue weighted by atomic mass is 9.87. The lowest BCUT2D eigenvalue weighted by Crippen LogP contribution is -1.95. The second-order valence-electron chi connectivity index (χ2n) is 17.4. The van der Waals surface area contributed by atoms with E-state index >= 15 is 0 Å². The summed E-state index contributed by atoms with van der Waals surface area (Å²) in [4.78, 5) is 0. The van der Waals surface area contributed by atoms with E-state index in [-0.39, 0.29) is 5.56 Å². The Morgan fingerprint density at radius 2 is 0.304 bits per heavy atom. The summed E-state index contributed by atoms with van der Waals surface area (Å²) in [5.74, 6) is -42.2. The number of hydrogen-bond acceptors (Lipinski definition) is 25. The number of phenols is 25. The fourth-order valence-electron chi connectivity index (χ4n) is 9.16. The Morgan fingerprint density at radius 1 is 0.127 bits per heavy atom. The van der Waals surface area contributed by atoms with Crippen LogP contribution in [0.3, 0.4) is 0 Å². The van der Waals surface area contributed by atoms with E-state index in [0.717, 1.165) is 11.1 Å². The van der Waals surface area contributed by atoms with Crippen LogP contribution in [0.2, 0.25) is 0 Å². The maximum Gasteiger partial charge on any atom is 0.208 e. The van der Waals surface area contributed by atoms with Crippen LogP contribution in [0.4, 0.5) is 0 Å². The Bertz CT molecular complexity index is 4030. The van der Waals surface area contributed by atoms with E-state index in [1.54, 1.807) is 18.2 Å². The summed E-state index contributed by atoms with van der Waals surface area (Å²) in [5, 5.41) is 277. The average Bonchev–Trinajstić information content (AvgIpc) is 3.59. The van der Waals surface area contributed by atoms with Crippen molar-refractivity contribution in [3.05, 3.63) is 78.9 Å². The molecule has 0 fully saturated rings. The number of aromatic hydroxyl groups is 25. The van der Waals surface area contributed by atoms with Crippen LogP contribution >= 0.6 is 0 Å². The molecule has 79 heavy (non-hydrogen) atoms. The number of phenolic OH excluding ortho intramolecular Hbond substituents is 25. The molecule has 25 heteroatoms. The molecule has 0 aromatic heterocycles. The Labute approximate surface area is 438 Å².